The number of alkyl halides is 3. The van der Waals surface area contributed by atoms with Crippen molar-refractivity contribution < 1.29 is 22.7 Å². The van der Waals surface area contributed by atoms with E-state index >= 15 is 0 Å². The lowest BCUT2D eigenvalue weighted by molar-refractivity contribution is -0.274. The van der Waals surface area contributed by atoms with E-state index in [-0.39, 0.29) is 5.75 Å². The zero-order chi connectivity index (χ0) is 20.7. The van der Waals surface area contributed by atoms with Gasteiger partial charge in [0.15, 0.2) is 0 Å². The van der Waals surface area contributed by atoms with E-state index in [0.29, 0.717) is 18.8 Å². The third-order valence-corrected chi connectivity index (χ3v) is 4.27. The van der Waals surface area contributed by atoms with Gasteiger partial charge >= 0.3 is 12.4 Å². The van der Waals surface area contributed by atoms with E-state index in [1.165, 1.54) is 12.1 Å². The average molecular weight is 410 g/mol. The molecule has 2 amide bonds. The lowest BCUT2D eigenvalue weighted by Crippen LogP contribution is -2.49. The highest BCUT2D eigenvalue weighted by Gasteiger charge is 2.31. The Labute approximate surface area is 165 Å². The number of carbonyl (C=O) groups is 1. The van der Waals surface area contributed by atoms with Crippen LogP contribution in [0.2, 0.25) is 0 Å². The molecule has 0 bridgehead atoms. The van der Waals surface area contributed by atoms with Crippen LogP contribution in [0.15, 0.2) is 42.7 Å². The van der Waals surface area contributed by atoms with Crippen molar-refractivity contribution in [1.82, 2.24) is 20.2 Å². The maximum absolute atomic E-state index is 12.1. The van der Waals surface area contributed by atoms with Crippen molar-refractivity contribution in [2.24, 2.45) is 0 Å². The van der Waals surface area contributed by atoms with Crippen LogP contribution in [0.5, 0.6) is 5.75 Å². The van der Waals surface area contributed by atoms with Gasteiger partial charge in [-0.3, -0.25) is 4.90 Å². The fourth-order valence-corrected chi connectivity index (χ4v) is 2.87. The number of rotatable bonds is 6. The number of halogens is 3. The van der Waals surface area contributed by atoms with Gasteiger partial charge in [0.1, 0.15) is 5.75 Å². The molecule has 1 aliphatic rings. The van der Waals surface area contributed by atoms with Crippen LogP contribution in [0.3, 0.4) is 0 Å². The fourth-order valence-electron chi connectivity index (χ4n) is 2.87. The molecule has 3 rings (SSSR count). The number of piperazine rings is 1. The van der Waals surface area contributed by atoms with Gasteiger partial charge in [-0.15, -0.1) is 13.2 Å². The Morgan fingerprint density at radius 3 is 2.34 bits per heavy atom. The minimum atomic E-state index is -4.74. The second-order valence-corrected chi connectivity index (χ2v) is 6.33. The van der Waals surface area contributed by atoms with Gasteiger partial charge in [0.2, 0.25) is 5.95 Å². The summed E-state index contributed by atoms with van der Waals surface area (Å²) in [6.07, 6.45) is -1.31. The molecule has 2 aromatic rings. The molecule has 0 atom stereocenters. The quantitative estimate of drug-likeness (QED) is 0.761. The van der Waals surface area contributed by atoms with Crippen molar-refractivity contribution in [3.63, 3.8) is 0 Å². The first-order valence-corrected chi connectivity index (χ1v) is 9.04. The van der Waals surface area contributed by atoms with Crippen LogP contribution < -0.4 is 20.3 Å². The molecular weight excluding hydrogens is 389 g/mol. The summed E-state index contributed by atoms with van der Waals surface area (Å²) in [5.41, 5.74) is 0.369. The summed E-state index contributed by atoms with van der Waals surface area (Å²) in [5, 5.41) is 5.30. The molecule has 1 aromatic carbocycles. The fraction of sp³-hybridized carbons (Fsp3) is 0.389. The smallest absolute Gasteiger partial charge is 0.406 e. The number of hydrogen-bond donors (Lipinski definition) is 2. The van der Waals surface area contributed by atoms with Crippen LogP contribution in [-0.2, 0) is 0 Å². The summed E-state index contributed by atoms with van der Waals surface area (Å²) in [5.74, 6) is 0.375. The number of nitrogens with one attached hydrogen (secondary N) is 2. The number of urea groups is 1. The molecular formula is C18H21F3N6O2. The van der Waals surface area contributed by atoms with Gasteiger partial charge in [-0.1, -0.05) is 0 Å². The normalized spacial score (nSPS) is 15.1. The second kappa shape index (κ2) is 9.41. The Morgan fingerprint density at radius 2 is 1.72 bits per heavy atom. The standard InChI is InChI=1S/C18H21F3N6O2/c19-18(20,21)29-15-4-2-14(3-5-15)25-17(28)24-8-9-26-10-12-27(13-11-26)16-22-6-1-7-23-16/h1-7H,8-13H2,(H2,24,25,28). The summed E-state index contributed by atoms with van der Waals surface area (Å²) < 4.78 is 40.2. The lowest BCUT2D eigenvalue weighted by Gasteiger charge is -2.34. The SMILES string of the molecule is O=C(NCCN1CCN(c2ncccn2)CC1)Nc1ccc(OC(F)(F)F)cc1. The highest BCUT2D eigenvalue weighted by molar-refractivity contribution is 5.89. The zero-order valence-corrected chi connectivity index (χ0v) is 15.5. The second-order valence-electron chi connectivity index (χ2n) is 6.33. The number of anilines is 2. The maximum Gasteiger partial charge on any atom is 0.573 e. The first-order valence-electron chi connectivity index (χ1n) is 9.04. The van der Waals surface area contributed by atoms with E-state index in [0.717, 1.165) is 44.3 Å². The maximum atomic E-state index is 12.1. The van der Waals surface area contributed by atoms with Gasteiger partial charge in [-0.05, 0) is 30.3 Å². The van der Waals surface area contributed by atoms with Crippen molar-refractivity contribution in [2.75, 3.05) is 49.5 Å². The zero-order valence-electron chi connectivity index (χ0n) is 15.5. The molecule has 11 heteroatoms. The van der Waals surface area contributed by atoms with Crippen LogP contribution in [0, 0.1) is 0 Å². The van der Waals surface area contributed by atoms with Gasteiger partial charge in [0.25, 0.3) is 0 Å². The Hall–Kier alpha value is -3.08. The average Bonchev–Trinajstić information content (AvgIpc) is 2.70. The van der Waals surface area contributed by atoms with Crippen molar-refractivity contribution in [1.29, 1.82) is 0 Å². The molecule has 2 N–H and O–H groups in total. The number of ether oxygens (including phenoxy) is 1. The van der Waals surface area contributed by atoms with Crippen LogP contribution in [0.1, 0.15) is 0 Å². The van der Waals surface area contributed by atoms with Crippen LogP contribution in [0.25, 0.3) is 0 Å². The molecule has 0 unspecified atom stereocenters. The van der Waals surface area contributed by atoms with E-state index in [4.69, 9.17) is 0 Å². The summed E-state index contributed by atoms with van der Waals surface area (Å²) in [6, 6.07) is 6.31. The van der Waals surface area contributed by atoms with Crippen LogP contribution in [0.4, 0.5) is 29.6 Å². The Kier molecular flexibility index (Phi) is 6.70. The molecule has 156 valence electrons. The minimum absolute atomic E-state index is 0.344. The van der Waals surface area contributed by atoms with E-state index in [1.54, 1.807) is 18.5 Å². The number of aromatic nitrogens is 2. The number of hydrogen-bond acceptors (Lipinski definition) is 6. The lowest BCUT2D eigenvalue weighted by atomic mass is 10.3. The third kappa shape index (κ3) is 6.79. The molecule has 1 saturated heterocycles. The van der Waals surface area contributed by atoms with Crippen molar-refractivity contribution >= 4 is 17.7 Å². The number of carbonyl (C=O) groups excluding carboxylic acids is 1. The molecule has 8 nitrogen and oxygen atoms in total. The van der Waals surface area contributed by atoms with Gasteiger partial charge in [-0.2, -0.15) is 0 Å². The summed E-state index contributed by atoms with van der Waals surface area (Å²) >= 11 is 0. The predicted molar refractivity (Wildman–Crippen MR) is 101 cm³/mol. The highest BCUT2D eigenvalue weighted by Crippen LogP contribution is 2.23. The summed E-state index contributed by atoms with van der Waals surface area (Å²) in [7, 11) is 0. The van der Waals surface area contributed by atoms with Crippen LogP contribution in [-0.4, -0.2) is 66.5 Å². The molecule has 1 fully saturated rings. The van der Waals surface area contributed by atoms with Crippen molar-refractivity contribution in [3.05, 3.63) is 42.7 Å². The predicted octanol–water partition coefficient (Wildman–Crippen LogP) is 2.32. The largest absolute Gasteiger partial charge is 0.573 e. The molecule has 1 aromatic heterocycles. The van der Waals surface area contributed by atoms with Gasteiger partial charge in [-0.25, -0.2) is 14.8 Å². The van der Waals surface area contributed by atoms with E-state index in [2.05, 4.69) is 35.1 Å². The highest BCUT2D eigenvalue weighted by atomic mass is 19.4. The first-order chi connectivity index (χ1) is 13.9. The van der Waals surface area contributed by atoms with Crippen LogP contribution >= 0.6 is 0 Å². The monoisotopic (exact) mass is 410 g/mol. The Bertz CT molecular complexity index is 780. The summed E-state index contributed by atoms with van der Waals surface area (Å²) in [4.78, 5) is 24.8. The molecule has 0 saturated carbocycles. The number of amides is 2. The van der Waals surface area contributed by atoms with Gasteiger partial charge in [0.05, 0.1) is 0 Å². The van der Waals surface area contributed by atoms with Gasteiger partial charge < -0.3 is 20.3 Å². The topological polar surface area (TPSA) is 82.6 Å². The molecule has 0 aliphatic carbocycles. The van der Waals surface area contributed by atoms with E-state index < -0.39 is 12.4 Å². The molecule has 0 spiro atoms. The molecule has 1 aliphatic heterocycles. The van der Waals surface area contributed by atoms with E-state index in [1.807, 2.05) is 0 Å². The van der Waals surface area contributed by atoms with Crippen molar-refractivity contribution in [2.45, 2.75) is 6.36 Å². The molecule has 2 heterocycles. The van der Waals surface area contributed by atoms with E-state index in [9.17, 15) is 18.0 Å². The Morgan fingerprint density at radius 1 is 1.07 bits per heavy atom. The first kappa shape index (κ1) is 20.6. The minimum Gasteiger partial charge on any atom is -0.406 e. The third-order valence-electron chi connectivity index (χ3n) is 4.27. The molecule has 0 radical (unpaired) electrons. The molecule has 29 heavy (non-hydrogen) atoms. The Balaban J connectivity index is 1.34. The number of benzene rings is 1. The van der Waals surface area contributed by atoms with Crippen molar-refractivity contribution in [3.8, 4) is 5.75 Å². The number of nitrogens with zero attached hydrogens (tertiary/aromatic N) is 4. The van der Waals surface area contributed by atoms with Gasteiger partial charge in [0, 0.05) is 57.3 Å². The summed E-state index contributed by atoms with van der Waals surface area (Å²) in [6.45, 7) is 4.42.